The van der Waals surface area contributed by atoms with Crippen LogP contribution in [0.3, 0.4) is 0 Å². The lowest BCUT2D eigenvalue weighted by atomic mass is 10.1. The summed E-state index contributed by atoms with van der Waals surface area (Å²) in [6.45, 7) is 0. The minimum absolute atomic E-state index is 0.0277. The van der Waals surface area contributed by atoms with Gasteiger partial charge < -0.3 is 4.90 Å². The molecule has 28 heavy (non-hydrogen) atoms. The number of anilines is 2. The average molecular weight is 435 g/mol. The molecule has 0 aliphatic rings. The Morgan fingerprint density at radius 1 is 0.893 bits per heavy atom. The van der Waals surface area contributed by atoms with Gasteiger partial charge in [-0.25, -0.2) is 8.42 Å². The molecular weight excluding hydrogens is 419 g/mol. The molecule has 144 valence electrons. The number of carbonyl (C=O) groups excluding carboxylic acids is 1. The zero-order valence-electron chi connectivity index (χ0n) is 14.8. The molecule has 0 radical (unpaired) electrons. The maximum absolute atomic E-state index is 12.7. The molecule has 0 bridgehead atoms. The van der Waals surface area contributed by atoms with Crippen molar-refractivity contribution in [1.82, 2.24) is 0 Å². The van der Waals surface area contributed by atoms with Gasteiger partial charge in [0.1, 0.15) is 0 Å². The molecule has 5 nitrogen and oxygen atoms in total. The van der Waals surface area contributed by atoms with Gasteiger partial charge in [-0.05, 0) is 48.5 Å². The molecule has 3 aromatic rings. The van der Waals surface area contributed by atoms with Crippen LogP contribution in [0.4, 0.5) is 11.4 Å². The Balaban J connectivity index is 1.85. The largest absolute Gasteiger partial charge is 0.311 e. The van der Waals surface area contributed by atoms with Gasteiger partial charge in [0, 0.05) is 24.0 Å². The third-order valence-electron chi connectivity index (χ3n) is 4.01. The molecule has 0 aliphatic heterocycles. The Labute approximate surface area is 173 Å². The molecule has 0 saturated heterocycles. The Kier molecular flexibility index (Phi) is 5.93. The summed E-state index contributed by atoms with van der Waals surface area (Å²) in [5, 5.41) is 0.398. The van der Waals surface area contributed by atoms with Crippen LogP contribution in [-0.2, 0) is 10.0 Å². The van der Waals surface area contributed by atoms with Crippen molar-refractivity contribution in [2.45, 2.75) is 4.90 Å². The van der Waals surface area contributed by atoms with Crippen molar-refractivity contribution in [3.63, 3.8) is 0 Å². The zero-order valence-corrected chi connectivity index (χ0v) is 17.1. The highest BCUT2D eigenvalue weighted by Gasteiger charge is 2.18. The van der Waals surface area contributed by atoms with Crippen LogP contribution in [0.15, 0.2) is 77.7 Å². The summed E-state index contributed by atoms with van der Waals surface area (Å²) in [5.41, 5.74) is 1.34. The van der Waals surface area contributed by atoms with Crippen LogP contribution >= 0.6 is 23.2 Å². The number of nitrogens with zero attached hydrogens (tertiary/aromatic N) is 1. The van der Waals surface area contributed by atoms with E-state index in [1.54, 1.807) is 25.2 Å². The van der Waals surface area contributed by atoms with Gasteiger partial charge >= 0.3 is 0 Å². The summed E-state index contributed by atoms with van der Waals surface area (Å²) >= 11 is 11.7. The Morgan fingerprint density at radius 3 is 2.29 bits per heavy atom. The van der Waals surface area contributed by atoms with E-state index in [-0.39, 0.29) is 26.5 Å². The molecule has 0 heterocycles. The van der Waals surface area contributed by atoms with E-state index in [9.17, 15) is 13.2 Å². The monoisotopic (exact) mass is 434 g/mol. The van der Waals surface area contributed by atoms with Crippen molar-refractivity contribution < 1.29 is 13.2 Å². The maximum Gasteiger partial charge on any atom is 0.261 e. The quantitative estimate of drug-likeness (QED) is 0.609. The first-order valence-corrected chi connectivity index (χ1v) is 10.4. The van der Waals surface area contributed by atoms with E-state index in [4.69, 9.17) is 23.2 Å². The number of sulfonamides is 1. The highest BCUT2D eigenvalue weighted by atomic mass is 35.5. The molecule has 0 unspecified atom stereocenters. The molecule has 0 fully saturated rings. The van der Waals surface area contributed by atoms with Crippen LogP contribution in [0.5, 0.6) is 0 Å². The zero-order chi connectivity index (χ0) is 20.3. The smallest absolute Gasteiger partial charge is 0.261 e. The molecule has 0 saturated carbocycles. The molecule has 8 heteroatoms. The van der Waals surface area contributed by atoms with E-state index in [1.165, 1.54) is 29.2 Å². The first-order chi connectivity index (χ1) is 13.3. The van der Waals surface area contributed by atoms with Crippen LogP contribution in [0.25, 0.3) is 0 Å². The highest BCUT2D eigenvalue weighted by molar-refractivity contribution is 7.92. The van der Waals surface area contributed by atoms with Gasteiger partial charge in [0.25, 0.3) is 15.9 Å². The lowest BCUT2D eigenvalue weighted by molar-refractivity contribution is 0.0993. The molecule has 0 atom stereocenters. The molecule has 3 rings (SSSR count). The van der Waals surface area contributed by atoms with Crippen molar-refractivity contribution in [2.24, 2.45) is 0 Å². The molecule has 1 N–H and O–H groups in total. The fraction of sp³-hybridized carbons (Fsp3) is 0.0500. The van der Waals surface area contributed by atoms with Gasteiger partial charge in [-0.2, -0.15) is 0 Å². The number of nitrogens with one attached hydrogen (secondary N) is 1. The fourth-order valence-corrected chi connectivity index (χ4v) is 3.97. The standard InChI is InChI=1S/C20H16Cl2N2O3S/c1-24(16-8-3-2-4-9-16)20(25)14-6-5-7-15(12-14)23-28(26,27)17-10-11-18(21)19(22)13-17/h2-13,23H,1H3. The molecule has 0 aromatic heterocycles. The number of para-hydroxylation sites is 1. The normalized spacial score (nSPS) is 11.1. The number of hydrogen-bond donors (Lipinski definition) is 1. The average Bonchev–Trinajstić information content (AvgIpc) is 2.69. The molecule has 1 amide bonds. The lowest BCUT2D eigenvalue weighted by Crippen LogP contribution is -2.26. The summed E-state index contributed by atoms with van der Waals surface area (Å²) < 4.78 is 27.6. The van der Waals surface area contributed by atoms with Gasteiger partial charge in [0.05, 0.1) is 14.9 Å². The molecular formula is C20H16Cl2N2O3S. The van der Waals surface area contributed by atoms with Crippen LogP contribution in [0.1, 0.15) is 10.4 Å². The number of amides is 1. The Bertz CT molecular complexity index is 1120. The van der Waals surface area contributed by atoms with Crippen LogP contribution in [-0.4, -0.2) is 21.4 Å². The predicted molar refractivity (Wildman–Crippen MR) is 113 cm³/mol. The van der Waals surface area contributed by atoms with Gasteiger partial charge in [0.2, 0.25) is 0 Å². The first kappa shape index (κ1) is 20.2. The van der Waals surface area contributed by atoms with Crippen LogP contribution in [0.2, 0.25) is 10.0 Å². The summed E-state index contributed by atoms with van der Waals surface area (Å²) in [6.07, 6.45) is 0. The topological polar surface area (TPSA) is 66.5 Å². The van der Waals surface area contributed by atoms with E-state index in [1.807, 2.05) is 30.3 Å². The number of halogens is 2. The van der Waals surface area contributed by atoms with E-state index in [2.05, 4.69) is 4.72 Å². The van der Waals surface area contributed by atoms with Crippen molar-refractivity contribution in [2.75, 3.05) is 16.7 Å². The lowest BCUT2D eigenvalue weighted by Gasteiger charge is -2.18. The Morgan fingerprint density at radius 2 is 1.61 bits per heavy atom. The molecule has 3 aromatic carbocycles. The van der Waals surface area contributed by atoms with Crippen molar-refractivity contribution in [3.05, 3.63) is 88.4 Å². The minimum atomic E-state index is -3.89. The SMILES string of the molecule is CN(C(=O)c1cccc(NS(=O)(=O)c2ccc(Cl)c(Cl)c2)c1)c1ccccc1. The van der Waals surface area contributed by atoms with Gasteiger partial charge in [-0.15, -0.1) is 0 Å². The number of benzene rings is 3. The van der Waals surface area contributed by atoms with Crippen LogP contribution < -0.4 is 9.62 Å². The summed E-state index contributed by atoms with van der Waals surface area (Å²) in [4.78, 5) is 14.2. The van der Waals surface area contributed by atoms with Gasteiger partial charge in [-0.1, -0.05) is 47.5 Å². The van der Waals surface area contributed by atoms with Crippen LogP contribution in [0, 0.1) is 0 Å². The number of hydrogen-bond acceptors (Lipinski definition) is 3. The van der Waals surface area contributed by atoms with E-state index in [0.717, 1.165) is 5.69 Å². The summed E-state index contributed by atoms with van der Waals surface area (Å²) in [6, 6.07) is 19.5. The van der Waals surface area contributed by atoms with E-state index in [0.29, 0.717) is 5.56 Å². The van der Waals surface area contributed by atoms with Gasteiger partial charge in [-0.3, -0.25) is 9.52 Å². The first-order valence-electron chi connectivity index (χ1n) is 8.19. The predicted octanol–water partition coefficient (Wildman–Crippen LogP) is 5.07. The van der Waals surface area contributed by atoms with E-state index < -0.39 is 10.0 Å². The van der Waals surface area contributed by atoms with Crippen molar-refractivity contribution >= 4 is 50.5 Å². The number of rotatable bonds is 5. The minimum Gasteiger partial charge on any atom is -0.311 e. The van der Waals surface area contributed by atoms with Crippen molar-refractivity contribution in [3.8, 4) is 0 Å². The second-order valence-electron chi connectivity index (χ2n) is 5.96. The van der Waals surface area contributed by atoms with Gasteiger partial charge in [0.15, 0.2) is 0 Å². The molecule has 0 aliphatic carbocycles. The van der Waals surface area contributed by atoms with Crippen molar-refractivity contribution in [1.29, 1.82) is 0 Å². The molecule has 0 spiro atoms. The third kappa shape index (κ3) is 4.47. The number of carbonyl (C=O) groups is 1. The Hall–Kier alpha value is -2.54. The fourth-order valence-electron chi connectivity index (χ4n) is 2.54. The second-order valence-corrected chi connectivity index (χ2v) is 8.46. The second kappa shape index (κ2) is 8.22. The highest BCUT2D eigenvalue weighted by Crippen LogP contribution is 2.26. The van der Waals surface area contributed by atoms with E-state index >= 15 is 0 Å². The summed E-state index contributed by atoms with van der Waals surface area (Å²) in [7, 11) is -2.23. The third-order valence-corrected chi connectivity index (χ3v) is 6.13. The maximum atomic E-state index is 12.7. The summed E-state index contributed by atoms with van der Waals surface area (Å²) in [5.74, 6) is -0.262.